The number of nitrogens with one attached hydrogen (secondary N) is 1. The minimum absolute atomic E-state index is 0.101. The average molecular weight is 385 g/mol. The number of benzene rings is 1. The zero-order valence-electron chi connectivity index (χ0n) is 15.8. The maximum absolute atomic E-state index is 13.2. The van der Waals surface area contributed by atoms with Crippen LogP contribution in [0.1, 0.15) is 49.4 Å². The number of anilines is 1. The van der Waals surface area contributed by atoms with Crippen molar-refractivity contribution in [3.8, 4) is 0 Å². The number of rotatable bonds is 6. The van der Waals surface area contributed by atoms with Crippen molar-refractivity contribution < 1.29 is 23.9 Å². The van der Waals surface area contributed by atoms with Gasteiger partial charge in [0, 0.05) is 25.4 Å². The van der Waals surface area contributed by atoms with Gasteiger partial charge in [-0.3, -0.25) is 19.3 Å². The molecule has 2 fully saturated rings. The monoisotopic (exact) mass is 385 g/mol. The number of carbonyl (C=O) groups is 4. The van der Waals surface area contributed by atoms with Crippen LogP contribution in [-0.2, 0) is 19.1 Å². The van der Waals surface area contributed by atoms with Gasteiger partial charge in [-0.1, -0.05) is 19.1 Å². The smallest absolute Gasteiger partial charge is 0.354 e. The van der Waals surface area contributed by atoms with E-state index in [1.165, 1.54) is 9.80 Å². The number of nitrogens with zero attached hydrogens (tertiary/aromatic N) is 2. The molecule has 8 nitrogen and oxygen atoms in total. The quantitative estimate of drug-likeness (QED) is 0.743. The molecule has 1 saturated heterocycles. The number of esters is 1. The van der Waals surface area contributed by atoms with Crippen LogP contribution in [0.4, 0.5) is 5.69 Å². The van der Waals surface area contributed by atoms with Gasteiger partial charge in [-0.25, -0.2) is 4.79 Å². The van der Waals surface area contributed by atoms with Crippen molar-refractivity contribution >= 4 is 29.4 Å². The standard InChI is InChI=1S/C20H23N3O5/c1-2-11-21-16(24)12-28-19(27)20-10-9-17(25)23(20)15-6-4-3-5-14(15)18(26)22(20)13-7-8-13/h3-6,13H,2,7-12H2,1H3,(H,21,24)/t20-/m0/s1. The molecule has 4 rings (SSSR count). The molecule has 0 radical (unpaired) electrons. The Morgan fingerprint density at radius 2 is 2.00 bits per heavy atom. The van der Waals surface area contributed by atoms with E-state index in [4.69, 9.17) is 4.74 Å². The molecule has 2 heterocycles. The molecule has 8 heteroatoms. The molecule has 0 spiro atoms. The van der Waals surface area contributed by atoms with Crippen molar-refractivity contribution in [3.63, 3.8) is 0 Å². The summed E-state index contributed by atoms with van der Waals surface area (Å²) in [6.45, 7) is 1.98. The molecule has 1 atom stereocenters. The summed E-state index contributed by atoms with van der Waals surface area (Å²) < 4.78 is 5.33. The number of amides is 3. The molecule has 1 saturated carbocycles. The third-order valence-electron chi connectivity index (χ3n) is 5.44. The van der Waals surface area contributed by atoms with Crippen LogP contribution in [0.15, 0.2) is 24.3 Å². The number of hydrogen-bond acceptors (Lipinski definition) is 5. The first-order valence-electron chi connectivity index (χ1n) is 9.70. The average Bonchev–Trinajstić information content (AvgIpc) is 3.47. The van der Waals surface area contributed by atoms with Gasteiger partial charge >= 0.3 is 5.97 Å². The van der Waals surface area contributed by atoms with Gasteiger partial charge < -0.3 is 15.0 Å². The predicted octanol–water partition coefficient (Wildman–Crippen LogP) is 1.20. The van der Waals surface area contributed by atoms with Crippen molar-refractivity contribution in [2.24, 2.45) is 0 Å². The second-order valence-electron chi connectivity index (χ2n) is 7.40. The summed E-state index contributed by atoms with van der Waals surface area (Å²) in [5, 5.41) is 2.65. The fraction of sp³-hybridized carbons (Fsp3) is 0.500. The minimum atomic E-state index is -1.51. The van der Waals surface area contributed by atoms with E-state index in [-0.39, 0.29) is 30.7 Å². The molecule has 0 aromatic heterocycles. The second kappa shape index (κ2) is 6.92. The molecule has 148 valence electrons. The van der Waals surface area contributed by atoms with Crippen molar-refractivity contribution in [1.29, 1.82) is 0 Å². The van der Waals surface area contributed by atoms with E-state index in [1.807, 2.05) is 6.92 Å². The van der Waals surface area contributed by atoms with E-state index in [0.717, 1.165) is 19.3 Å². The van der Waals surface area contributed by atoms with E-state index in [9.17, 15) is 19.2 Å². The van der Waals surface area contributed by atoms with Crippen LogP contribution in [0.5, 0.6) is 0 Å². The van der Waals surface area contributed by atoms with Crippen LogP contribution < -0.4 is 10.2 Å². The fourth-order valence-electron chi connectivity index (χ4n) is 4.07. The van der Waals surface area contributed by atoms with Crippen molar-refractivity contribution in [3.05, 3.63) is 29.8 Å². The third-order valence-corrected chi connectivity index (χ3v) is 5.44. The van der Waals surface area contributed by atoms with Crippen molar-refractivity contribution in [2.75, 3.05) is 18.1 Å². The highest BCUT2D eigenvalue weighted by Gasteiger charge is 2.64. The summed E-state index contributed by atoms with van der Waals surface area (Å²) in [6.07, 6.45) is 2.64. The number of para-hydroxylation sites is 1. The molecule has 2 aliphatic heterocycles. The molecular weight excluding hydrogens is 362 g/mol. The predicted molar refractivity (Wildman–Crippen MR) is 99.3 cm³/mol. The van der Waals surface area contributed by atoms with E-state index < -0.39 is 24.1 Å². The summed E-state index contributed by atoms with van der Waals surface area (Å²) >= 11 is 0. The van der Waals surface area contributed by atoms with Crippen molar-refractivity contribution in [1.82, 2.24) is 10.2 Å². The van der Waals surface area contributed by atoms with Gasteiger partial charge in [-0.05, 0) is 31.4 Å². The van der Waals surface area contributed by atoms with E-state index >= 15 is 0 Å². The van der Waals surface area contributed by atoms with E-state index in [2.05, 4.69) is 5.32 Å². The fourth-order valence-corrected chi connectivity index (χ4v) is 4.07. The normalized spacial score (nSPS) is 23.3. The molecule has 0 unspecified atom stereocenters. The molecule has 3 amide bonds. The summed E-state index contributed by atoms with van der Waals surface area (Å²) in [5.74, 6) is -1.61. The third kappa shape index (κ3) is 2.75. The Labute approximate surface area is 162 Å². The second-order valence-corrected chi connectivity index (χ2v) is 7.40. The van der Waals surface area contributed by atoms with Gasteiger partial charge in [0.2, 0.25) is 11.6 Å². The number of fused-ring (bicyclic) bond motifs is 3. The highest BCUT2D eigenvalue weighted by molar-refractivity contribution is 6.15. The summed E-state index contributed by atoms with van der Waals surface area (Å²) in [5.41, 5.74) is -0.664. The number of hydrogen-bond donors (Lipinski definition) is 1. The lowest BCUT2D eigenvalue weighted by Gasteiger charge is -2.48. The molecule has 3 aliphatic rings. The van der Waals surface area contributed by atoms with Gasteiger partial charge in [0.05, 0.1) is 11.3 Å². The first kappa shape index (κ1) is 18.5. The highest BCUT2D eigenvalue weighted by Crippen LogP contribution is 2.49. The lowest BCUT2D eigenvalue weighted by molar-refractivity contribution is -0.160. The van der Waals surface area contributed by atoms with Gasteiger partial charge in [0.1, 0.15) is 0 Å². The molecular formula is C20H23N3O5. The van der Waals surface area contributed by atoms with Crippen LogP contribution in [0.3, 0.4) is 0 Å². The van der Waals surface area contributed by atoms with Crippen molar-refractivity contribution in [2.45, 2.75) is 50.7 Å². The molecule has 1 aromatic carbocycles. The lowest BCUT2D eigenvalue weighted by Crippen LogP contribution is -2.69. The number of ether oxygens (including phenoxy) is 1. The first-order valence-corrected chi connectivity index (χ1v) is 9.70. The molecule has 1 aliphatic carbocycles. The van der Waals surface area contributed by atoms with Gasteiger partial charge in [-0.15, -0.1) is 0 Å². The van der Waals surface area contributed by atoms with E-state index in [1.54, 1.807) is 24.3 Å². The highest BCUT2D eigenvalue weighted by atomic mass is 16.5. The maximum Gasteiger partial charge on any atom is 0.354 e. The van der Waals surface area contributed by atoms with Crippen LogP contribution in [0.2, 0.25) is 0 Å². The Balaban J connectivity index is 1.70. The van der Waals surface area contributed by atoms with Gasteiger partial charge in [0.25, 0.3) is 11.8 Å². The lowest BCUT2D eigenvalue weighted by atomic mass is 9.96. The Morgan fingerprint density at radius 3 is 2.71 bits per heavy atom. The Hall–Kier alpha value is -2.90. The molecule has 1 aromatic rings. The number of carbonyl (C=O) groups excluding carboxylic acids is 4. The summed E-state index contributed by atoms with van der Waals surface area (Å²) in [4.78, 5) is 54.0. The largest absolute Gasteiger partial charge is 0.452 e. The topological polar surface area (TPSA) is 96.0 Å². The summed E-state index contributed by atoms with van der Waals surface area (Å²) in [6, 6.07) is 6.73. The molecule has 28 heavy (non-hydrogen) atoms. The molecule has 1 N–H and O–H groups in total. The Bertz CT molecular complexity index is 850. The minimum Gasteiger partial charge on any atom is -0.452 e. The Morgan fingerprint density at radius 1 is 1.25 bits per heavy atom. The first-order chi connectivity index (χ1) is 13.5. The molecule has 0 bridgehead atoms. The van der Waals surface area contributed by atoms with E-state index in [0.29, 0.717) is 17.8 Å². The maximum atomic E-state index is 13.2. The van der Waals surface area contributed by atoms with Crippen LogP contribution in [-0.4, -0.2) is 53.4 Å². The summed E-state index contributed by atoms with van der Waals surface area (Å²) in [7, 11) is 0. The zero-order valence-corrected chi connectivity index (χ0v) is 15.8. The van der Waals surface area contributed by atoms with Crippen LogP contribution in [0, 0.1) is 0 Å². The van der Waals surface area contributed by atoms with Crippen LogP contribution >= 0.6 is 0 Å². The Kier molecular flexibility index (Phi) is 4.56. The van der Waals surface area contributed by atoms with Gasteiger partial charge in [0.15, 0.2) is 6.61 Å². The SMILES string of the molecule is CCCNC(=O)COC(=O)[C@]12CCC(=O)N1c1ccccc1C(=O)N2C1CC1. The van der Waals surface area contributed by atoms with Gasteiger partial charge in [-0.2, -0.15) is 0 Å². The zero-order chi connectivity index (χ0) is 19.9. The van der Waals surface area contributed by atoms with Crippen LogP contribution in [0.25, 0.3) is 0 Å².